The minimum absolute atomic E-state index is 0.0670. The van der Waals surface area contributed by atoms with Crippen LogP contribution in [-0.2, 0) is 0 Å². The van der Waals surface area contributed by atoms with E-state index in [-0.39, 0.29) is 21.4 Å². The molecule has 2 aromatic rings. The Hall–Kier alpha value is -2.29. The summed E-state index contributed by atoms with van der Waals surface area (Å²) in [5.41, 5.74) is 4.11. The Morgan fingerprint density at radius 3 is 2.42 bits per heavy atom. The summed E-state index contributed by atoms with van der Waals surface area (Å²) in [5, 5.41) is 16.6. The Balaban J connectivity index is 1.55. The molecule has 2 saturated heterocycles. The number of allylic oxidation sites excluding steroid dienone is 1. The number of benzene rings is 2. The summed E-state index contributed by atoms with van der Waals surface area (Å²) in [6.45, 7) is 5.97. The molecule has 0 spiro atoms. The molecule has 3 heterocycles. The molecule has 0 bridgehead atoms. The van der Waals surface area contributed by atoms with E-state index in [4.69, 9.17) is 23.2 Å². The zero-order valence-corrected chi connectivity index (χ0v) is 23.9. The molecule has 2 unspecified atom stereocenters. The van der Waals surface area contributed by atoms with Crippen LogP contribution in [0, 0.1) is 0 Å². The van der Waals surface area contributed by atoms with Crippen molar-refractivity contribution in [3.63, 3.8) is 0 Å². The van der Waals surface area contributed by atoms with Gasteiger partial charge in [-0.1, -0.05) is 59.3 Å². The molecule has 38 heavy (non-hydrogen) atoms. The summed E-state index contributed by atoms with van der Waals surface area (Å²) in [5.74, 6) is 0. The molecule has 5 rings (SSSR count). The molecule has 2 aromatic carbocycles. The van der Waals surface area contributed by atoms with E-state index in [9.17, 15) is 10.0 Å². The highest BCUT2D eigenvalue weighted by Gasteiger charge is 2.62. The Kier molecular flexibility index (Phi) is 7.94. The lowest BCUT2D eigenvalue weighted by molar-refractivity contribution is -0.182. The van der Waals surface area contributed by atoms with Gasteiger partial charge >= 0.3 is 6.03 Å². The second kappa shape index (κ2) is 11.1. The summed E-state index contributed by atoms with van der Waals surface area (Å²) < 4.78 is -0.119. The van der Waals surface area contributed by atoms with Crippen molar-refractivity contribution in [3.05, 3.63) is 70.0 Å². The number of carbonyl (C=O) groups is 1. The van der Waals surface area contributed by atoms with E-state index in [2.05, 4.69) is 24.2 Å². The summed E-state index contributed by atoms with van der Waals surface area (Å²) in [6, 6.07) is 15.9. The minimum Gasteiger partial charge on any atom is -0.365 e. The molecule has 3 aliphatic rings. The summed E-state index contributed by atoms with van der Waals surface area (Å²) in [4.78, 5) is 16.9. The fraction of sp³-hybridized carbons (Fsp3) is 0.483. The molecule has 2 atom stereocenters. The smallest absolute Gasteiger partial charge is 0.317 e. The molecular formula is C29H39Cl2N5O2+2. The molecule has 3 aliphatic heterocycles. The second-order valence-electron chi connectivity index (χ2n) is 10.8. The first-order valence-electron chi connectivity index (χ1n) is 13.8. The Bertz CT molecular complexity index is 1200. The number of rotatable bonds is 7. The van der Waals surface area contributed by atoms with Gasteiger partial charge in [-0.2, -0.15) is 5.21 Å². The number of likely N-dealkylation sites (tertiary alicyclic amines) is 1. The predicted molar refractivity (Wildman–Crippen MR) is 155 cm³/mol. The number of nitrogens with zero attached hydrogens (tertiary/aromatic N) is 4. The Labute approximate surface area is 235 Å². The number of hydroxylamine groups is 1. The van der Waals surface area contributed by atoms with Crippen LogP contribution in [0.1, 0.15) is 45.4 Å². The largest absolute Gasteiger partial charge is 0.365 e. The number of nitrogens with one attached hydrogen (secondary N) is 1. The number of halogens is 2. The van der Waals surface area contributed by atoms with Gasteiger partial charge in [0, 0.05) is 67.7 Å². The number of para-hydroxylation sites is 1. The standard InChI is InChI=1S/C29H38Cl2N5O2/c1-3-4-11-28-27(33-18-14-22(15-19-33)34-17-8-16-32-29(34)37)21-36(38,23-9-6-5-7-10-23)35(28,2)24-12-13-25(30)26(31)20-24/h5-7,9-10,12-13,20,22,38H,3-4,8,11,14-19,21H2,1-2H3/q+1/p+1. The highest BCUT2D eigenvalue weighted by molar-refractivity contribution is 6.42. The van der Waals surface area contributed by atoms with Gasteiger partial charge in [-0.05, 0) is 31.7 Å². The van der Waals surface area contributed by atoms with Crippen molar-refractivity contribution in [2.24, 2.45) is 0 Å². The minimum atomic E-state index is -0.304. The third-order valence-corrected chi connectivity index (χ3v) is 9.37. The van der Waals surface area contributed by atoms with Crippen molar-refractivity contribution in [2.45, 2.75) is 51.5 Å². The highest BCUT2D eigenvalue weighted by atomic mass is 35.5. The van der Waals surface area contributed by atoms with Crippen LogP contribution in [0.25, 0.3) is 0 Å². The first-order chi connectivity index (χ1) is 18.3. The van der Waals surface area contributed by atoms with Gasteiger partial charge in [-0.25, -0.2) is 4.79 Å². The molecule has 0 saturated carbocycles. The van der Waals surface area contributed by atoms with Gasteiger partial charge in [0.25, 0.3) is 0 Å². The van der Waals surface area contributed by atoms with Gasteiger partial charge in [0.15, 0.2) is 11.4 Å². The predicted octanol–water partition coefficient (Wildman–Crippen LogP) is 6.54. The second-order valence-corrected chi connectivity index (χ2v) is 11.6. The first-order valence-corrected chi connectivity index (χ1v) is 14.6. The van der Waals surface area contributed by atoms with Crippen LogP contribution in [0.3, 0.4) is 0 Å². The van der Waals surface area contributed by atoms with E-state index < -0.39 is 0 Å². The molecule has 2 N–H and O–H groups in total. The molecule has 0 aromatic heterocycles. The van der Waals surface area contributed by atoms with Gasteiger partial charge in [0.2, 0.25) is 12.2 Å². The van der Waals surface area contributed by atoms with Gasteiger partial charge in [-0.3, -0.25) is 0 Å². The van der Waals surface area contributed by atoms with Crippen molar-refractivity contribution in [2.75, 3.05) is 39.8 Å². The number of carbonyl (C=O) groups excluding carboxylic acids is 1. The first kappa shape index (κ1) is 27.3. The van der Waals surface area contributed by atoms with Gasteiger partial charge < -0.3 is 15.1 Å². The topological polar surface area (TPSA) is 55.8 Å². The van der Waals surface area contributed by atoms with Gasteiger partial charge in [0.1, 0.15) is 12.7 Å². The van der Waals surface area contributed by atoms with Crippen LogP contribution < -0.4 is 14.7 Å². The highest BCUT2D eigenvalue weighted by Crippen LogP contribution is 2.48. The molecule has 2 amide bonds. The number of urea groups is 1. The zero-order valence-electron chi connectivity index (χ0n) is 22.4. The fourth-order valence-electron chi connectivity index (χ4n) is 6.42. The SMILES string of the molecule is CCCCC1=C(N2CCC(N3CCCNC3=O)CC2)C[N+](O)(c2ccccc2)[N+]1(C)c1ccc(Cl)c(Cl)c1. The summed E-state index contributed by atoms with van der Waals surface area (Å²) in [6.07, 6.45) is 5.79. The third kappa shape index (κ3) is 4.69. The molecule has 204 valence electrons. The number of quaternary nitrogens is 2. The van der Waals surface area contributed by atoms with Crippen LogP contribution in [0.15, 0.2) is 59.9 Å². The lowest BCUT2D eigenvalue weighted by Gasteiger charge is -2.40. The van der Waals surface area contributed by atoms with Gasteiger partial charge in [-0.15, -0.1) is 0 Å². The van der Waals surface area contributed by atoms with E-state index >= 15 is 0 Å². The maximum absolute atomic E-state index is 12.7. The van der Waals surface area contributed by atoms with E-state index in [1.165, 1.54) is 11.4 Å². The zero-order chi connectivity index (χ0) is 26.9. The summed E-state index contributed by atoms with van der Waals surface area (Å²) in [7, 11) is 2.09. The molecular weight excluding hydrogens is 521 g/mol. The van der Waals surface area contributed by atoms with Gasteiger partial charge in [0.05, 0.1) is 10.0 Å². The lowest BCUT2D eigenvalue weighted by atomic mass is 10.0. The molecule has 0 radical (unpaired) electrons. The van der Waals surface area contributed by atoms with Crippen molar-refractivity contribution in [1.82, 2.24) is 24.5 Å². The Morgan fingerprint density at radius 2 is 1.76 bits per heavy atom. The average Bonchev–Trinajstić information content (AvgIpc) is 3.18. The average molecular weight is 561 g/mol. The number of piperidine rings is 1. The Morgan fingerprint density at radius 1 is 1.03 bits per heavy atom. The number of amides is 2. The molecule has 2 fully saturated rings. The van der Waals surface area contributed by atoms with Crippen LogP contribution in [-0.4, -0.2) is 66.9 Å². The van der Waals surface area contributed by atoms with E-state index in [1.807, 2.05) is 53.4 Å². The lowest BCUT2D eigenvalue weighted by Crippen LogP contribution is -2.68. The number of unbranched alkanes of at least 4 members (excludes halogenated alkanes) is 1. The third-order valence-electron chi connectivity index (χ3n) is 8.63. The number of hydrogen-bond donors (Lipinski definition) is 2. The number of hydrogen-bond acceptors (Lipinski definition) is 3. The van der Waals surface area contributed by atoms with Crippen molar-refractivity contribution in [3.8, 4) is 0 Å². The quantitative estimate of drug-likeness (QED) is 0.379. The van der Waals surface area contributed by atoms with E-state index in [0.29, 0.717) is 16.6 Å². The van der Waals surface area contributed by atoms with Crippen molar-refractivity contribution in [1.29, 1.82) is 0 Å². The van der Waals surface area contributed by atoms with Crippen LogP contribution in [0.2, 0.25) is 10.0 Å². The van der Waals surface area contributed by atoms with Crippen LogP contribution in [0.4, 0.5) is 16.2 Å². The maximum Gasteiger partial charge on any atom is 0.317 e. The van der Waals surface area contributed by atoms with Crippen LogP contribution in [0.5, 0.6) is 0 Å². The maximum atomic E-state index is 12.7. The normalized spacial score (nSPS) is 26.7. The molecule has 7 nitrogen and oxygen atoms in total. The molecule has 9 heteroatoms. The van der Waals surface area contributed by atoms with Crippen LogP contribution >= 0.6 is 23.2 Å². The van der Waals surface area contributed by atoms with E-state index in [1.54, 1.807) is 0 Å². The monoisotopic (exact) mass is 559 g/mol. The molecule has 0 aliphatic carbocycles. The van der Waals surface area contributed by atoms with E-state index in [0.717, 1.165) is 76.1 Å². The van der Waals surface area contributed by atoms with Crippen molar-refractivity contribution >= 4 is 40.6 Å². The fourth-order valence-corrected chi connectivity index (χ4v) is 6.71. The van der Waals surface area contributed by atoms with Crippen molar-refractivity contribution < 1.29 is 10.0 Å². The summed E-state index contributed by atoms with van der Waals surface area (Å²) >= 11 is 12.9.